The summed E-state index contributed by atoms with van der Waals surface area (Å²) in [6.07, 6.45) is 6.53. The number of hydrogen-bond acceptors (Lipinski definition) is 13. The molecule has 0 saturated heterocycles. The van der Waals surface area contributed by atoms with Crippen LogP contribution in [0.3, 0.4) is 0 Å². The number of nitrogens with zero attached hydrogens (tertiary/aromatic N) is 9. The molecule has 6 aromatic rings. The Balaban J connectivity index is 0.901. The van der Waals surface area contributed by atoms with Gasteiger partial charge in [-0.05, 0) is 57.4 Å². The van der Waals surface area contributed by atoms with Crippen LogP contribution in [-0.4, -0.2) is 137 Å². The van der Waals surface area contributed by atoms with Gasteiger partial charge in [-0.2, -0.15) is 0 Å². The summed E-state index contributed by atoms with van der Waals surface area (Å²) in [5.41, 5.74) is 2.09. The first kappa shape index (κ1) is 50.7. The second kappa shape index (κ2) is 23.3. The number of aromatic nitrogens is 8. The second-order valence-electron chi connectivity index (χ2n) is 16.3. The Morgan fingerprint density at radius 2 is 1.10 bits per heavy atom. The summed E-state index contributed by atoms with van der Waals surface area (Å²) < 4.78 is 5.82. The minimum Gasteiger partial charge on any atom is -0.356 e. The highest BCUT2D eigenvalue weighted by atomic mass is 16.2. The van der Waals surface area contributed by atoms with Crippen molar-refractivity contribution < 1.29 is 38.4 Å². The van der Waals surface area contributed by atoms with Crippen LogP contribution in [0.15, 0.2) is 67.3 Å². The van der Waals surface area contributed by atoms with Crippen LogP contribution in [0.5, 0.6) is 0 Å². The number of amides is 8. The molecule has 5 aromatic heterocycles. The van der Waals surface area contributed by atoms with Gasteiger partial charge in [0.2, 0.25) is 29.4 Å². The van der Waals surface area contributed by atoms with E-state index in [9.17, 15) is 38.4 Å². The van der Waals surface area contributed by atoms with Crippen LogP contribution in [0.25, 0.3) is 11.0 Å². The van der Waals surface area contributed by atoms with Crippen molar-refractivity contribution >= 4 is 81.4 Å². The monoisotopic (exact) mass is 961 g/mol. The smallest absolute Gasteiger partial charge is 0.292 e. The van der Waals surface area contributed by atoms with Gasteiger partial charge in [-0.1, -0.05) is 12.1 Å². The van der Waals surface area contributed by atoms with Crippen molar-refractivity contribution in [3.05, 3.63) is 96.0 Å². The molecule has 6 rings (SSSR count). The molecule has 5 heterocycles. The first-order chi connectivity index (χ1) is 33.4. The molecule has 0 saturated carbocycles. The van der Waals surface area contributed by atoms with E-state index < -0.39 is 41.4 Å². The highest BCUT2D eigenvalue weighted by molar-refractivity contribution is 6.05. The normalized spacial score (nSPS) is 11.0. The third kappa shape index (κ3) is 13.7. The molecule has 25 heteroatoms. The van der Waals surface area contributed by atoms with E-state index >= 15 is 0 Å². The van der Waals surface area contributed by atoms with Crippen LogP contribution in [-0.2, 0) is 42.6 Å². The predicted octanol–water partition coefficient (Wildman–Crippen LogP) is 0.983. The molecule has 1 aromatic carbocycles. The lowest BCUT2D eigenvalue weighted by atomic mass is 10.3. The number of nitrogens with one attached hydrogen (secondary N) is 8. The standard InChI is InChI=1S/C45H55N17O8/c1-58(2)21-9-17-46-36(63)14-18-49-43(68)32-22-27(24-59(32)3)51-44(69)39-55-33(25-60(39)4)53-38(65)16-20-48-42(67)31-12-13-35(62(31)6)57-45(70)40-56-34(26-61(40)5)54-37(64)15-19-47-41(66)30-23-50-28-10-7-8-11-29(28)52-30/h7-8,10-13,22-26H,9,14-21H2,1-6H3,(H,46,63)(H,47,66)(H,48,67)(H,49,68)(H,51,69)(H,53,65)(H,54,64)(H,57,70). The molecule has 25 nitrogen and oxygen atoms in total. The van der Waals surface area contributed by atoms with E-state index in [-0.39, 0.29) is 91.0 Å². The molecule has 0 aliphatic heterocycles. The first-order valence-corrected chi connectivity index (χ1v) is 22.0. The number of aryl methyl sites for hydroxylation is 3. The van der Waals surface area contributed by atoms with Crippen molar-refractivity contribution in [1.29, 1.82) is 0 Å². The molecule has 368 valence electrons. The molecular formula is C45H55N17O8. The maximum absolute atomic E-state index is 13.2. The highest BCUT2D eigenvalue weighted by Gasteiger charge is 2.21. The number of carbonyl (C=O) groups excluding carboxylic acids is 8. The van der Waals surface area contributed by atoms with Crippen molar-refractivity contribution in [1.82, 2.24) is 64.4 Å². The molecule has 8 N–H and O–H groups in total. The van der Waals surface area contributed by atoms with E-state index in [0.717, 1.165) is 13.0 Å². The van der Waals surface area contributed by atoms with E-state index in [4.69, 9.17) is 0 Å². The Labute approximate surface area is 401 Å². The Kier molecular flexibility index (Phi) is 16.9. The summed E-state index contributed by atoms with van der Waals surface area (Å²) in [6.45, 7) is 1.48. The number of fused-ring (bicyclic) bond motifs is 1. The van der Waals surface area contributed by atoms with E-state index in [1.165, 1.54) is 55.1 Å². The second-order valence-corrected chi connectivity index (χ2v) is 16.3. The number of benzene rings is 1. The van der Waals surface area contributed by atoms with Crippen LogP contribution in [0, 0.1) is 0 Å². The quantitative estimate of drug-likeness (QED) is 0.0441. The third-order valence-corrected chi connectivity index (χ3v) is 10.5. The first-order valence-electron chi connectivity index (χ1n) is 22.0. The van der Waals surface area contributed by atoms with Crippen LogP contribution >= 0.6 is 0 Å². The predicted molar refractivity (Wildman–Crippen MR) is 257 cm³/mol. The fourth-order valence-electron chi connectivity index (χ4n) is 6.89. The van der Waals surface area contributed by atoms with Crippen LogP contribution in [0.1, 0.15) is 78.4 Å². The van der Waals surface area contributed by atoms with Gasteiger partial charge in [0, 0.05) is 92.2 Å². The van der Waals surface area contributed by atoms with Crippen molar-refractivity contribution in [3.63, 3.8) is 0 Å². The molecule has 0 aliphatic rings. The zero-order valence-electron chi connectivity index (χ0n) is 39.5. The molecule has 0 atom stereocenters. The maximum atomic E-state index is 13.2. The zero-order chi connectivity index (χ0) is 50.5. The highest BCUT2D eigenvalue weighted by Crippen LogP contribution is 2.18. The van der Waals surface area contributed by atoms with Gasteiger partial charge in [0.15, 0.2) is 11.6 Å². The SMILES string of the molecule is CN(C)CCCNC(=O)CCNC(=O)c1cc(NC(=O)c2nc(NC(=O)CCNC(=O)c3ccc(NC(=O)c4nc(NC(=O)CCNC(=O)c5cnc6ccccc6n5)cn4C)n3C)cn2C)cn1C. The average Bonchev–Trinajstić information content (AvgIpc) is 4.08. The Hall–Kier alpha value is -8.74. The Bertz CT molecular complexity index is 2930. The number of imidazole rings is 2. The lowest BCUT2D eigenvalue weighted by Gasteiger charge is -2.10. The van der Waals surface area contributed by atoms with Crippen LogP contribution in [0.2, 0.25) is 0 Å². The van der Waals surface area contributed by atoms with Crippen molar-refractivity contribution in [2.24, 2.45) is 28.2 Å². The lowest BCUT2D eigenvalue weighted by Crippen LogP contribution is -2.32. The van der Waals surface area contributed by atoms with Gasteiger partial charge in [-0.3, -0.25) is 43.3 Å². The zero-order valence-corrected chi connectivity index (χ0v) is 39.5. The minimum atomic E-state index is -0.623. The number of para-hydroxylation sites is 2. The average molecular weight is 962 g/mol. The molecule has 0 unspecified atom stereocenters. The number of rotatable bonds is 22. The number of hydrogen-bond donors (Lipinski definition) is 8. The largest absolute Gasteiger partial charge is 0.356 e. The summed E-state index contributed by atoms with van der Waals surface area (Å²) in [4.78, 5) is 121. The molecule has 0 radical (unpaired) electrons. The summed E-state index contributed by atoms with van der Waals surface area (Å²) in [6, 6.07) is 11.6. The minimum absolute atomic E-state index is 0.0112. The van der Waals surface area contributed by atoms with Gasteiger partial charge in [0.05, 0.1) is 22.9 Å². The van der Waals surface area contributed by atoms with Crippen molar-refractivity contribution in [2.45, 2.75) is 25.7 Å². The van der Waals surface area contributed by atoms with Crippen molar-refractivity contribution in [2.75, 3.05) is 68.1 Å². The van der Waals surface area contributed by atoms with Gasteiger partial charge in [-0.25, -0.2) is 15.0 Å². The fraction of sp³-hybridized carbons (Fsp3) is 0.333. The van der Waals surface area contributed by atoms with Crippen LogP contribution in [0.4, 0.5) is 23.1 Å². The molecule has 0 spiro atoms. The summed E-state index contributed by atoms with van der Waals surface area (Å²) in [5.74, 6) is -3.36. The topological polar surface area (TPSA) is 307 Å². The number of anilines is 4. The lowest BCUT2D eigenvalue weighted by molar-refractivity contribution is -0.121. The van der Waals surface area contributed by atoms with E-state index in [1.807, 2.05) is 25.1 Å². The van der Waals surface area contributed by atoms with Crippen molar-refractivity contribution in [3.8, 4) is 0 Å². The summed E-state index contributed by atoms with van der Waals surface area (Å²) in [5, 5.41) is 21.4. The molecule has 0 bridgehead atoms. The van der Waals surface area contributed by atoms with E-state index in [0.29, 0.717) is 23.3 Å². The fourth-order valence-corrected chi connectivity index (χ4v) is 6.89. The van der Waals surface area contributed by atoms with Gasteiger partial charge < -0.3 is 65.7 Å². The van der Waals surface area contributed by atoms with E-state index in [1.54, 1.807) is 52.6 Å². The molecule has 0 aliphatic carbocycles. The van der Waals surface area contributed by atoms with Gasteiger partial charge in [-0.15, -0.1) is 0 Å². The summed E-state index contributed by atoms with van der Waals surface area (Å²) in [7, 11) is 10.3. The third-order valence-electron chi connectivity index (χ3n) is 10.5. The van der Waals surface area contributed by atoms with Gasteiger partial charge >= 0.3 is 0 Å². The maximum Gasteiger partial charge on any atom is 0.292 e. The molecular weight excluding hydrogens is 907 g/mol. The Morgan fingerprint density at radius 1 is 0.543 bits per heavy atom. The number of carbonyl (C=O) groups is 8. The van der Waals surface area contributed by atoms with Gasteiger partial charge in [0.1, 0.15) is 22.9 Å². The van der Waals surface area contributed by atoms with Gasteiger partial charge in [0.25, 0.3) is 29.5 Å². The summed E-state index contributed by atoms with van der Waals surface area (Å²) >= 11 is 0. The molecule has 70 heavy (non-hydrogen) atoms. The Morgan fingerprint density at radius 3 is 1.71 bits per heavy atom. The molecule has 0 fully saturated rings. The van der Waals surface area contributed by atoms with E-state index in [2.05, 4.69) is 62.5 Å². The molecule has 8 amide bonds. The van der Waals surface area contributed by atoms with Crippen LogP contribution < -0.4 is 42.5 Å².